The number of amides is 1. The lowest BCUT2D eigenvalue weighted by molar-refractivity contribution is -0.132. The Bertz CT molecular complexity index is 672. The third kappa shape index (κ3) is 3.13. The summed E-state index contributed by atoms with van der Waals surface area (Å²) < 4.78 is 0. The number of aliphatic hydroxyl groups is 1. The van der Waals surface area contributed by atoms with Gasteiger partial charge in [0.25, 0.3) is 0 Å². The summed E-state index contributed by atoms with van der Waals surface area (Å²) in [5.41, 5.74) is 1.97. The number of piperidine rings is 1. The molecule has 0 spiro atoms. The third-order valence-electron chi connectivity index (χ3n) is 4.65. The minimum Gasteiger partial charge on any atom is -0.393 e. The number of benzene rings is 1. The molecular formula is C17H21ClN2O2. The van der Waals surface area contributed by atoms with Gasteiger partial charge in [-0.05, 0) is 43.4 Å². The zero-order chi connectivity index (χ0) is 15.7. The smallest absolute Gasteiger partial charge is 0.227 e. The van der Waals surface area contributed by atoms with E-state index in [-0.39, 0.29) is 12.0 Å². The van der Waals surface area contributed by atoms with Crippen molar-refractivity contribution in [3.63, 3.8) is 0 Å². The van der Waals surface area contributed by atoms with E-state index in [1.165, 1.54) is 0 Å². The molecular weight excluding hydrogens is 300 g/mol. The highest BCUT2D eigenvalue weighted by Crippen LogP contribution is 2.24. The normalized spacial score (nSPS) is 17.9. The molecule has 1 aliphatic heterocycles. The molecule has 0 saturated carbocycles. The number of nitrogens with one attached hydrogen (secondary N) is 1. The van der Waals surface area contributed by atoms with Gasteiger partial charge in [0.2, 0.25) is 5.91 Å². The van der Waals surface area contributed by atoms with Gasteiger partial charge in [0.15, 0.2) is 0 Å². The van der Waals surface area contributed by atoms with E-state index in [9.17, 15) is 9.90 Å². The first-order valence-electron chi connectivity index (χ1n) is 7.76. The second kappa shape index (κ2) is 6.31. The summed E-state index contributed by atoms with van der Waals surface area (Å²) in [6.07, 6.45) is 3.78. The molecule has 3 rings (SSSR count). The first-order valence-corrected chi connectivity index (χ1v) is 8.14. The lowest BCUT2D eigenvalue weighted by Crippen LogP contribution is -2.41. The largest absolute Gasteiger partial charge is 0.393 e. The number of aromatic amines is 1. The van der Waals surface area contributed by atoms with Crippen molar-refractivity contribution in [2.75, 3.05) is 13.1 Å². The molecule has 1 amide bonds. The number of aliphatic hydroxyl groups excluding tert-OH is 1. The van der Waals surface area contributed by atoms with Crippen molar-refractivity contribution in [1.29, 1.82) is 0 Å². The van der Waals surface area contributed by atoms with E-state index < -0.39 is 0 Å². The number of hydrogen-bond acceptors (Lipinski definition) is 2. The molecule has 1 saturated heterocycles. The molecule has 2 heterocycles. The Hall–Kier alpha value is -1.52. The summed E-state index contributed by atoms with van der Waals surface area (Å²) in [6, 6.07) is 5.68. The van der Waals surface area contributed by atoms with Crippen LogP contribution in [0.15, 0.2) is 24.4 Å². The highest BCUT2D eigenvalue weighted by atomic mass is 35.5. The van der Waals surface area contributed by atoms with Crippen molar-refractivity contribution >= 4 is 28.4 Å². The van der Waals surface area contributed by atoms with Crippen LogP contribution in [-0.4, -0.2) is 40.1 Å². The standard InChI is InChI=1S/C17H21ClN2O2/c1-11(21)12-4-6-20(7-5-12)17(22)8-13-10-19-16-9-14(18)2-3-15(13)16/h2-3,9-12,19,21H,4-8H2,1H3. The summed E-state index contributed by atoms with van der Waals surface area (Å²) in [5, 5.41) is 11.4. The van der Waals surface area contributed by atoms with Gasteiger partial charge >= 0.3 is 0 Å². The second-order valence-corrected chi connectivity index (χ2v) is 6.58. The number of aromatic nitrogens is 1. The lowest BCUT2D eigenvalue weighted by Gasteiger charge is -2.33. The molecule has 5 heteroatoms. The maximum absolute atomic E-state index is 12.5. The topological polar surface area (TPSA) is 56.3 Å². The van der Waals surface area contributed by atoms with Gasteiger partial charge in [0.1, 0.15) is 0 Å². The second-order valence-electron chi connectivity index (χ2n) is 6.14. The van der Waals surface area contributed by atoms with Crippen molar-refractivity contribution < 1.29 is 9.90 Å². The van der Waals surface area contributed by atoms with Gasteiger partial charge in [-0.2, -0.15) is 0 Å². The summed E-state index contributed by atoms with van der Waals surface area (Å²) in [7, 11) is 0. The van der Waals surface area contributed by atoms with E-state index >= 15 is 0 Å². The fourth-order valence-corrected chi connectivity index (χ4v) is 3.38. The van der Waals surface area contributed by atoms with Crippen LogP contribution in [0.5, 0.6) is 0 Å². The van der Waals surface area contributed by atoms with Gasteiger partial charge in [-0.3, -0.25) is 4.79 Å². The first kappa shape index (κ1) is 15.4. The number of fused-ring (bicyclic) bond motifs is 1. The van der Waals surface area contributed by atoms with Gasteiger partial charge in [-0.15, -0.1) is 0 Å². The molecule has 1 aliphatic rings. The monoisotopic (exact) mass is 320 g/mol. The van der Waals surface area contributed by atoms with Crippen LogP contribution < -0.4 is 0 Å². The quantitative estimate of drug-likeness (QED) is 0.913. The SMILES string of the molecule is CC(O)C1CCN(C(=O)Cc2c[nH]c3cc(Cl)ccc23)CC1. The number of halogens is 1. The predicted octanol–water partition coefficient (Wildman–Crippen LogP) is 2.98. The van der Waals surface area contributed by atoms with Crippen molar-refractivity contribution in [2.45, 2.75) is 32.3 Å². The molecule has 1 aromatic heterocycles. The highest BCUT2D eigenvalue weighted by molar-refractivity contribution is 6.31. The Morgan fingerprint density at radius 2 is 2.18 bits per heavy atom. The number of nitrogens with zero attached hydrogens (tertiary/aromatic N) is 1. The van der Waals surface area contributed by atoms with E-state index in [0.717, 1.165) is 42.4 Å². The average Bonchev–Trinajstić information content (AvgIpc) is 2.89. The van der Waals surface area contributed by atoms with Crippen LogP contribution in [-0.2, 0) is 11.2 Å². The van der Waals surface area contributed by atoms with Gasteiger partial charge in [0, 0.05) is 35.2 Å². The molecule has 2 N–H and O–H groups in total. The molecule has 4 nitrogen and oxygen atoms in total. The van der Waals surface area contributed by atoms with Gasteiger partial charge in [-0.1, -0.05) is 17.7 Å². The Balaban J connectivity index is 1.66. The predicted molar refractivity (Wildman–Crippen MR) is 88.0 cm³/mol. The number of rotatable bonds is 3. The van der Waals surface area contributed by atoms with Crippen molar-refractivity contribution in [1.82, 2.24) is 9.88 Å². The van der Waals surface area contributed by atoms with Gasteiger partial charge in [0.05, 0.1) is 12.5 Å². The van der Waals surface area contributed by atoms with Gasteiger partial charge < -0.3 is 15.0 Å². The number of likely N-dealkylation sites (tertiary alicyclic amines) is 1. The average molecular weight is 321 g/mol. The summed E-state index contributed by atoms with van der Waals surface area (Å²) in [6.45, 7) is 3.31. The Morgan fingerprint density at radius 3 is 2.86 bits per heavy atom. The van der Waals surface area contributed by atoms with Crippen LogP contribution in [0.25, 0.3) is 10.9 Å². The van der Waals surface area contributed by atoms with Crippen LogP contribution >= 0.6 is 11.6 Å². The number of carbonyl (C=O) groups is 1. The maximum atomic E-state index is 12.5. The number of H-pyrrole nitrogens is 1. The minimum atomic E-state index is -0.282. The maximum Gasteiger partial charge on any atom is 0.227 e. The van der Waals surface area contributed by atoms with Crippen molar-refractivity contribution in [2.24, 2.45) is 5.92 Å². The van der Waals surface area contributed by atoms with Crippen LogP contribution in [0.1, 0.15) is 25.3 Å². The minimum absolute atomic E-state index is 0.153. The number of carbonyl (C=O) groups excluding carboxylic acids is 1. The summed E-state index contributed by atoms with van der Waals surface area (Å²) in [5.74, 6) is 0.471. The summed E-state index contributed by atoms with van der Waals surface area (Å²) >= 11 is 5.98. The molecule has 1 unspecified atom stereocenters. The molecule has 1 aromatic carbocycles. The first-order chi connectivity index (χ1) is 10.5. The zero-order valence-corrected chi connectivity index (χ0v) is 13.4. The molecule has 0 aliphatic carbocycles. The van der Waals surface area contributed by atoms with Crippen LogP contribution in [0.4, 0.5) is 0 Å². The molecule has 1 atom stereocenters. The molecule has 2 aromatic rings. The van der Waals surface area contributed by atoms with E-state index in [4.69, 9.17) is 11.6 Å². The van der Waals surface area contributed by atoms with E-state index in [1.807, 2.05) is 36.2 Å². The van der Waals surface area contributed by atoms with Crippen molar-refractivity contribution in [3.05, 3.63) is 35.0 Å². The third-order valence-corrected chi connectivity index (χ3v) is 4.88. The molecule has 1 fully saturated rings. The summed E-state index contributed by atoms with van der Waals surface area (Å²) in [4.78, 5) is 17.6. The fourth-order valence-electron chi connectivity index (χ4n) is 3.21. The van der Waals surface area contributed by atoms with Gasteiger partial charge in [-0.25, -0.2) is 0 Å². The zero-order valence-electron chi connectivity index (χ0n) is 12.7. The van der Waals surface area contributed by atoms with Crippen LogP contribution in [0.2, 0.25) is 5.02 Å². The number of hydrogen-bond donors (Lipinski definition) is 2. The molecule has 0 bridgehead atoms. The molecule has 0 radical (unpaired) electrons. The van der Waals surface area contributed by atoms with E-state index in [1.54, 1.807) is 0 Å². The van der Waals surface area contributed by atoms with Crippen LogP contribution in [0, 0.1) is 5.92 Å². The van der Waals surface area contributed by atoms with E-state index in [2.05, 4.69) is 4.98 Å². The lowest BCUT2D eigenvalue weighted by atomic mass is 9.92. The van der Waals surface area contributed by atoms with E-state index in [0.29, 0.717) is 17.4 Å². The Labute approximate surface area is 135 Å². The van der Waals surface area contributed by atoms with Crippen molar-refractivity contribution in [3.8, 4) is 0 Å². The highest BCUT2D eigenvalue weighted by Gasteiger charge is 2.25. The molecule has 22 heavy (non-hydrogen) atoms. The fraction of sp³-hybridized carbons (Fsp3) is 0.471. The Kier molecular flexibility index (Phi) is 4.41. The Morgan fingerprint density at radius 1 is 1.45 bits per heavy atom. The molecule has 118 valence electrons. The van der Waals surface area contributed by atoms with Crippen LogP contribution in [0.3, 0.4) is 0 Å².